The first-order valence-corrected chi connectivity index (χ1v) is 11.5. The second-order valence-electron chi connectivity index (χ2n) is 7.14. The minimum Gasteiger partial charge on any atom is -0.337 e. The van der Waals surface area contributed by atoms with Gasteiger partial charge in [0, 0.05) is 39.0 Å². The first kappa shape index (κ1) is 21.3. The van der Waals surface area contributed by atoms with E-state index < -0.39 is 9.84 Å². The molecule has 3 rings (SSSR count). The molecule has 152 valence electrons. The normalized spacial score (nSPS) is 15.6. The van der Waals surface area contributed by atoms with Crippen LogP contribution in [0.15, 0.2) is 47.4 Å². The Morgan fingerprint density at radius 3 is 2.48 bits per heavy atom. The Kier molecular flexibility index (Phi) is 6.58. The van der Waals surface area contributed by atoms with Crippen LogP contribution in [0.25, 0.3) is 0 Å². The molecule has 1 aliphatic heterocycles. The van der Waals surface area contributed by atoms with Gasteiger partial charge < -0.3 is 4.90 Å². The zero-order chi connectivity index (χ0) is 21.0. The smallest absolute Gasteiger partial charge is 0.255 e. The van der Waals surface area contributed by atoms with Crippen LogP contribution >= 0.6 is 11.6 Å². The second kappa shape index (κ2) is 8.95. The van der Waals surface area contributed by atoms with E-state index in [2.05, 4.69) is 11.0 Å². The summed E-state index contributed by atoms with van der Waals surface area (Å²) in [6.45, 7) is 3.42. The highest BCUT2D eigenvalue weighted by atomic mass is 35.5. The summed E-state index contributed by atoms with van der Waals surface area (Å²) in [4.78, 5) is 17.1. The molecule has 1 saturated heterocycles. The molecular formula is C21H22ClN3O3S. The maximum absolute atomic E-state index is 13.0. The van der Waals surface area contributed by atoms with Gasteiger partial charge >= 0.3 is 0 Å². The molecule has 2 aromatic carbocycles. The number of benzene rings is 2. The fraction of sp³-hybridized carbons (Fsp3) is 0.333. The van der Waals surface area contributed by atoms with Crippen LogP contribution in [0.1, 0.15) is 27.9 Å². The van der Waals surface area contributed by atoms with Crippen molar-refractivity contribution in [1.82, 2.24) is 9.80 Å². The molecule has 0 N–H and O–H groups in total. The lowest BCUT2D eigenvalue weighted by molar-refractivity contribution is 0.0761. The van der Waals surface area contributed by atoms with Crippen molar-refractivity contribution in [2.75, 3.05) is 32.4 Å². The Morgan fingerprint density at radius 2 is 1.83 bits per heavy atom. The minimum atomic E-state index is -3.42. The van der Waals surface area contributed by atoms with Crippen LogP contribution < -0.4 is 0 Å². The topological polar surface area (TPSA) is 81.5 Å². The maximum Gasteiger partial charge on any atom is 0.255 e. The SMILES string of the molecule is CS(=O)(=O)c1ccc(Cl)c(C(=O)N2CCCN(Cc3ccc(C#N)cc3)CC2)c1. The number of nitriles is 1. The molecule has 8 heteroatoms. The Labute approximate surface area is 176 Å². The molecule has 0 spiro atoms. The molecule has 2 aromatic rings. The monoisotopic (exact) mass is 431 g/mol. The molecule has 0 aliphatic carbocycles. The third-order valence-corrected chi connectivity index (χ3v) is 6.40. The largest absolute Gasteiger partial charge is 0.337 e. The highest BCUT2D eigenvalue weighted by Crippen LogP contribution is 2.23. The Bertz CT molecular complexity index is 1050. The molecule has 1 fully saturated rings. The van der Waals surface area contributed by atoms with Crippen LogP contribution in [-0.2, 0) is 16.4 Å². The van der Waals surface area contributed by atoms with E-state index in [-0.39, 0.29) is 21.4 Å². The molecule has 0 radical (unpaired) electrons. The standard InChI is InChI=1S/C21H22ClN3O3S/c1-29(27,28)18-7-8-20(22)19(13-18)21(26)25-10-2-9-24(11-12-25)15-17-5-3-16(14-23)4-6-17/h3-8,13H,2,9-12,15H2,1H3. The second-order valence-corrected chi connectivity index (χ2v) is 9.57. The molecule has 6 nitrogen and oxygen atoms in total. The van der Waals surface area contributed by atoms with Gasteiger partial charge in [-0.3, -0.25) is 9.69 Å². The highest BCUT2D eigenvalue weighted by molar-refractivity contribution is 7.90. The summed E-state index contributed by atoms with van der Waals surface area (Å²) in [5, 5.41) is 9.15. The van der Waals surface area contributed by atoms with Gasteiger partial charge in [-0.25, -0.2) is 8.42 Å². The number of rotatable bonds is 4. The van der Waals surface area contributed by atoms with Crippen molar-refractivity contribution in [2.24, 2.45) is 0 Å². The van der Waals surface area contributed by atoms with Crippen LogP contribution in [-0.4, -0.2) is 56.6 Å². The van der Waals surface area contributed by atoms with Crippen LogP contribution in [0.2, 0.25) is 5.02 Å². The summed E-state index contributed by atoms with van der Waals surface area (Å²) < 4.78 is 23.6. The molecule has 0 unspecified atom stereocenters. The van der Waals surface area contributed by atoms with Gasteiger partial charge in [0.2, 0.25) is 0 Å². The number of halogens is 1. The lowest BCUT2D eigenvalue weighted by Gasteiger charge is -2.22. The van der Waals surface area contributed by atoms with Crippen LogP contribution in [0.3, 0.4) is 0 Å². The average molecular weight is 432 g/mol. The number of carbonyl (C=O) groups excluding carboxylic acids is 1. The fourth-order valence-electron chi connectivity index (χ4n) is 3.34. The van der Waals surface area contributed by atoms with Gasteiger partial charge in [-0.05, 0) is 42.3 Å². The number of carbonyl (C=O) groups is 1. The highest BCUT2D eigenvalue weighted by Gasteiger charge is 2.23. The van der Waals surface area contributed by atoms with Gasteiger partial charge in [0.15, 0.2) is 9.84 Å². The van der Waals surface area contributed by atoms with Crippen molar-refractivity contribution >= 4 is 27.3 Å². The van der Waals surface area contributed by atoms with Gasteiger partial charge in [-0.15, -0.1) is 0 Å². The van der Waals surface area contributed by atoms with Crippen LogP contribution in [0.5, 0.6) is 0 Å². The molecule has 0 atom stereocenters. The first-order valence-electron chi connectivity index (χ1n) is 9.28. The molecule has 0 bridgehead atoms. The Balaban J connectivity index is 1.69. The Hall–Kier alpha value is -2.40. The van der Waals surface area contributed by atoms with Gasteiger partial charge in [0.05, 0.1) is 27.1 Å². The first-order chi connectivity index (χ1) is 13.8. The van der Waals surface area contributed by atoms with E-state index in [4.69, 9.17) is 16.9 Å². The van der Waals surface area contributed by atoms with Crippen molar-refractivity contribution in [3.05, 3.63) is 64.2 Å². The summed E-state index contributed by atoms with van der Waals surface area (Å²) in [5.41, 5.74) is 1.97. The molecule has 29 heavy (non-hydrogen) atoms. The predicted molar refractivity (Wildman–Crippen MR) is 112 cm³/mol. The van der Waals surface area contributed by atoms with Gasteiger partial charge in [-0.2, -0.15) is 5.26 Å². The van der Waals surface area contributed by atoms with Gasteiger partial charge in [0.25, 0.3) is 5.91 Å². The third kappa shape index (κ3) is 5.36. The minimum absolute atomic E-state index is 0.0857. The fourth-order valence-corrected chi connectivity index (χ4v) is 4.19. The molecule has 1 aliphatic rings. The lowest BCUT2D eigenvalue weighted by atomic mass is 10.1. The maximum atomic E-state index is 13.0. The quantitative estimate of drug-likeness (QED) is 0.743. The zero-order valence-corrected chi connectivity index (χ0v) is 17.7. The molecule has 1 amide bonds. The number of sulfone groups is 1. The van der Waals surface area contributed by atoms with Crippen LogP contribution in [0, 0.1) is 11.3 Å². The van der Waals surface area contributed by atoms with E-state index in [1.54, 1.807) is 17.0 Å². The number of amides is 1. The van der Waals surface area contributed by atoms with E-state index in [1.807, 2.05) is 12.1 Å². The van der Waals surface area contributed by atoms with E-state index >= 15 is 0 Å². The van der Waals surface area contributed by atoms with Crippen molar-refractivity contribution < 1.29 is 13.2 Å². The summed E-state index contributed by atoms with van der Waals surface area (Å²) >= 11 is 6.19. The van der Waals surface area contributed by atoms with Gasteiger partial charge in [-0.1, -0.05) is 23.7 Å². The van der Waals surface area contributed by atoms with Gasteiger partial charge in [0.1, 0.15) is 0 Å². The molecule has 1 heterocycles. The molecular weight excluding hydrogens is 410 g/mol. The molecule has 0 aromatic heterocycles. The van der Waals surface area contributed by atoms with Crippen molar-refractivity contribution in [1.29, 1.82) is 5.26 Å². The predicted octanol–water partition coefficient (Wildman–Crippen LogP) is 2.96. The van der Waals surface area contributed by atoms with E-state index in [0.717, 1.165) is 31.3 Å². The van der Waals surface area contributed by atoms with E-state index in [1.165, 1.54) is 18.2 Å². The number of nitrogens with zero attached hydrogens (tertiary/aromatic N) is 3. The number of hydrogen-bond donors (Lipinski definition) is 0. The van der Waals surface area contributed by atoms with Crippen molar-refractivity contribution in [3.63, 3.8) is 0 Å². The Morgan fingerprint density at radius 1 is 1.10 bits per heavy atom. The van der Waals surface area contributed by atoms with E-state index in [9.17, 15) is 13.2 Å². The summed E-state index contributed by atoms with van der Waals surface area (Å²) in [7, 11) is -3.42. The van der Waals surface area contributed by atoms with Crippen molar-refractivity contribution in [3.8, 4) is 6.07 Å². The summed E-state index contributed by atoms with van der Waals surface area (Å²) in [6, 6.07) is 13.9. The van der Waals surface area contributed by atoms with Crippen LogP contribution in [0.4, 0.5) is 0 Å². The number of hydrogen-bond acceptors (Lipinski definition) is 5. The zero-order valence-electron chi connectivity index (χ0n) is 16.1. The third-order valence-electron chi connectivity index (χ3n) is 4.96. The van der Waals surface area contributed by atoms with E-state index in [0.29, 0.717) is 25.2 Å². The molecule has 0 saturated carbocycles. The summed E-state index contributed by atoms with van der Waals surface area (Å²) in [6.07, 6.45) is 1.92. The lowest BCUT2D eigenvalue weighted by Crippen LogP contribution is -2.35. The average Bonchev–Trinajstić information content (AvgIpc) is 2.93. The summed E-state index contributed by atoms with van der Waals surface area (Å²) in [5.74, 6) is -0.249. The van der Waals surface area contributed by atoms with Crippen molar-refractivity contribution in [2.45, 2.75) is 17.9 Å².